The average molecular weight is 580 g/mol. The molecule has 4 heterocycles. The van der Waals surface area contributed by atoms with Crippen molar-refractivity contribution in [1.82, 2.24) is 19.6 Å². The van der Waals surface area contributed by atoms with Gasteiger partial charge in [0.15, 0.2) is 0 Å². The molecule has 0 amide bonds. The van der Waals surface area contributed by atoms with E-state index in [2.05, 4.69) is 48.8 Å². The summed E-state index contributed by atoms with van der Waals surface area (Å²) in [5.41, 5.74) is 0. The summed E-state index contributed by atoms with van der Waals surface area (Å²) < 4.78 is 1.05. The molecule has 4 saturated heterocycles. The fourth-order valence-electron chi connectivity index (χ4n) is 2.23. The first-order valence-electron chi connectivity index (χ1n) is 4.88. The molecule has 17 heavy (non-hydrogen) atoms. The van der Waals surface area contributed by atoms with Gasteiger partial charge in [0.1, 0.15) is 0 Å². The van der Waals surface area contributed by atoms with Gasteiger partial charge in [-0.05, 0) is 0 Å². The summed E-state index contributed by atoms with van der Waals surface area (Å²) in [6.45, 7) is 10.6. The molecule has 4 rings (SSSR count). The van der Waals surface area contributed by atoms with Crippen molar-refractivity contribution in [2.24, 2.45) is 0 Å². The maximum atomic E-state index is 3.47. The van der Waals surface area contributed by atoms with Gasteiger partial charge < -0.3 is 24.8 Å². The molecule has 8 heteroatoms. The standard InChI is InChI=1S/C6H12N4.C3H5I.2ClH.Hg/c1-7-2-9-4-8(1)5-10(3-7)6-9;1-2-3-4;;;/h1-6H2;2H,1,3H2;2*1H;/q;;;;+2/p-2. The Morgan fingerprint density at radius 2 is 1.00 bits per heavy atom. The molecular weight excluding hydrogens is 563 g/mol. The molecule has 0 aliphatic carbocycles. The molecular formula is C9H17Cl2HgIN4. The predicted octanol–water partition coefficient (Wildman–Crippen LogP) is -5.41. The number of nitrogens with zero attached hydrogens (tertiary/aromatic N) is 4. The maximum Gasteiger partial charge on any atom is 2.00 e. The molecule has 0 radical (unpaired) electrons. The number of rotatable bonds is 1. The van der Waals surface area contributed by atoms with E-state index in [4.69, 9.17) is 0 Å². The molecule has 4 bridgehead atoms. The largest absolute Gasteiger partial charge is 2.00 e. The van der Waals surface area contributed by atoms with E-state index in [1.54, 1.807) is 0 Å². The van der Waals surface area contributed by atoms with Gasteiger partial charge in [-0.15, -0.1) is 6.58 Å². The zero-order valence-corrected chi connectivity index (χ0v) is 19.0. The van der Waals surface area contributed by atoms with E-state index in [0.29, 0.717) is 0 Å². The van der Waals surface area contributed by atoms with E-state index in [0.717, 1.165) is 4.43 Å². The van der Waals surface area contributed by atoms with Crippen LogP contribution in [0.1, 0.15) is 0 Å². The molecule has 4 fully saturated rings. The van der Waals surface area contributed by atoms with Gasteiger partial charge in [-0.25, -0.2) is 0 Å². The van der Waals surface area contributed by atoms with Crippen molar-refractivity contribution >= 4 is 22.6 Å². The summed E-state index contributed by atoms with van der Waals surface area (Å²) >= 11 is 2.23. The van der Waals surface area contributed by atoms with Crippen LogP contribution in [0.25, 0.3) is 0 Å². The summed E-state index contributed by atoms with van der Waals surface area (Å²) in [4.78, 5) is 9.88. The van der Waals surface area contributed by atoms with Gasteiger partial charge in [0.05, 0.1) is 40.0 Å². The van der Waals surface area contributed by atoms with Crippen molar-refractivity contribution in [2.75, 3.05) is 44.4 Å². The molecule has 0 unspecified atom stereocenters. The molecule has 0 saturated carbocycles. The molecule has 96 valence electrons. The first-order valence-corrected chi connectivity index (χ1v) is 6.40. The van der Waals surface area contributed by atoms with Gasteiger partial charge >= 0.3 is 27.7 Å². The van der Waals surface area contributed by atoms with Crippen LogP contribution in [0.15, 0.2) is 12.7 Å². The summed E-state index contributed by atoms with van der Waals surface area (Å²) in [6.07, 6.45) is 1.86. The van der Waals surface area contributed by atoms with Crippen LogP contribution in [0.5, 0.6) is 0 Å². The van der Waals surface area contributed by atoms with Gasteiger partial charge in [-0.1, -0.05) is 28.7 Å². The number of hydrogen-bond donors (Lipinski definition) is 0. The summed E-state index contributed by atoms with van der Waals surface area (Å²) in [6, 6.07) is 0. The van der Waals surface area contributed by atoms with Crippen LogP contribution in [0.2, 0.25) is 0 Å². The van der Waals surface area contributed by atoms with Gasteiger partial charge in [0.25, 0.3) is 0 Å². The van der Waals surface area contributed by atoms with Crippen LogP contribution < -0.4 is 24.8 Å². The second-order valence-electron chi connectivity index (χ2n) is 3.97. The van der Waals surface area contributed by atoms with Crippen molar-refractivity contribution in [1.29, 1.82) is 0 Å². The minimum atomic E-state index is 0. The van der Waals surface area contributed by atoms with Crippen molar-refractivity contribution in [2.45, 2.75) is 0 Å². The zero-order valence-electron chi connectivity index (χ0n) is 9.86. The van der Waals surface area contributed by atoms with Crippen LogP contribution in [0.4, 0.5) is 0 Å². The molecule has 0 atom stereocenters. The molecule has 0 aromatic rings. The van der Waals surface area contributed by atoms with E-state index in [1.807, 2.05) is 6.08 Å². The number of halogens is 3. The van der Waals surface area contributed by atoms with Gasteiger partial charge in [-0.2, -0.15) is 0 Å². The fraction of sp³-hybridized carbons (Fsp3) is 0.778. The Morgan fingerprint density at radius 3 is 1.12 bits per heavy atom. The van der Waals surface area contributed by atoms with Crippen molar-refractivity contribution in [3.63, 3.8) is 0 Å². The first kappa shape index (κ1) is 21.1. The van der Waals surface area contributed by atoms with E-state index in [-0.39, 0.29) is 52.5 Å². The maximum absolute atomic E-state index is 3.47. The second-order valence-corrected chi connectivity index (χ2v) is 4.86. The molecule has 0 N–H and O–H groups in total. The fourth-order valence-corrected chi connectivity index (χ4v) is 2.23. The molecule has 0 spiro atoms. The van der Waals surface area contributed by atoms with Crippen LogP contribution in [0.3, 0.4) is 0 Å². The SMILES string of the molecule is C1N2CN3CN1CN(C2)C3.C=CCI.[Cl-].[Cl-].[Hg+2]. The molecule has 0 aromatic heterocycles. The summed E-state index contributed by atoms with van der Waals surface area (Å²) in [7, 11) is 0. The number of allylic oxidation sites excluding steroid dienone is 1. The Bertz CT molecular complexity index is 167. The zero-order chi connectivity index (χ0) is 9.97. The smallest absolute Gasteiger partial charge is 1.00 e. The second kappa shape index (κ2) is 10.6. The summed E-state index contributed by atoms with van der Waals surface area (Å²) in [5.74, 6) is 0. The molecule has 4 aliphatic heterocycles. The summed E-state index contributed by atoms with van der Waals surface area (Å²) in [5, 5.41) is 0. The van der Waals surface area contributed by atoms with Crippen LogP contribution >= 0.6 is 22.6 Å². The van der Waals surface area contributed by atoms with E-state index in [9.17, 15) is 0 Å². The topological polar surface area (TPSA) is 13.0 Å². The Kier molecular flexibility index (Phi) is 13.2. The third kappa shape index (κ3) is 6.20. The van der Waals surface area contributed by atoms with Gasteiger partial charge in [0, 0.05) is 4.43 Å². The van der Waals surface area contributed by atoms with Crippen molar-refractivity contribution < 1.29 is 52.5 Å². The van der Waals surface area contributed by atoms with Crippen LogP contribution in [0, 0.1) is 0 Å². The van der Waals surface area contributed by atoms with Crippen molar-refractivity contribution in [3.8, 4) is 0 Å². The van der Waals surface area contributed by atoms with Gasteiger partial charge in [-0.3, -0.25) is 19.6 Å². The molecule has 4 nitrogen and oxygen atoms in total. The average Bonchev–Trinajstić information content (AvgIpc) is 2.16. The van der Waals surface area contributed by atoms with E-state index < -0.39 is 0 Å². The molecule has 0 aromatic carbocycles. The van der Waals surface area contributed by atoms with Crippen LogP contribution in [-0.2, 0) is 27.7 Å². The van der Waals surface area contributed by atoms with E-state index >= 15 is 0 Å². The minimum absolute atomic E-state index is 0. The Labute approximate surface area is 150 Å². The number of hydrogen-bond acceptors (Lipinski definition) is 4. The van der Waals surface area contributed by atoms with Crippen LogP contribution in [-0.4, -0.2) is 64.0 Å². The Morgan fingerprint density at radius 1 is 0.824 bits per heavy atom. The van der Waals surface area contributed by atoms with E-state index in [1.165, 1.54) is 40.0 Å². The monoisotopic (exact) mass is 580 g/mol. The normalized spacial score (nSPS) is 35.4. The third-order valence-electron chi connectivity index (χ3n) is 2.51. The third-order valence-corrected chi connectivity index (χ3v) is 3.13. The first-order chi connectivity index (χ1) is 6.81. The number of alkyl halides is 1. The van der Waals surface area contributed by atoms with Gasteiger partial charge in [0.2, 0.25) is 0 Å². The Balaban J connectivity index is 0. The quantitative estimate of drug-likeness (QED) is 0.133. The Hall–Kier alpha value is 1.83. The minimum Gasteiger partial charge on any atom is -1.00 e. The van der Waals surface area contributed by atoms with Crippen molar-refractivity contribution in [3.05, 3.63) is 12.7 Å². The molecule has 4 aliphatic rings. The predicted molar refractivity (Wildman–Crippen MR) is 65.6 cm³/mol.